The number of carbonyl (C=O) groups excluding carboxylic acids is 1. The number of halogens is 1. The Kier molecular flexibility index (Phi) is 5.92. The number of nitrogens with zero attached hydrogens (tertiary/aromatic N) is 5. The SMILES string of the molecule is CC1CCN(C(CNC(=O)c2cnc(-n3cnnc3)c(Cl)c2)c2ccco2)CC1. The third-order valence-electron chi connectivity index (χ3n) is 5.33. The van der Waals surface area contributed by atoms with Crippen molar-refractivity contribution in [3.63, 3.8) is 0 Å². The average molecular weight is 415 g/mol. The molecule has 0 radical (unpaired) electrons. The average Bonchev–Trinajstić information content (AvgIpc) is 3.43. The van der Waals surface area contributed by atoms with E-state index in [2.05, 4.69) is 32.3 Å². The van der Waals surface area contributed by atoms with Crippen LogP contribution in [-0.4, -0.2) is 50.2 Å². The van der Waals surface area contributed by atoms with E-state index >= 15 is 0 Å². The van der Waals surface area contributed by atoms with Crippen LogP contribution in [0.3, 0.4) is 0 Å². The highest BCUT2D eigenvalue weighted by atomic mass is 35.5. The second kappa shape index (κ2) is 8.75. The van der Waals surface area contributed by atoms with Gasteiger partial charge in [0.25, 0.3) is 5.91 Å². The maximum absolute atomic E-state index is 12.7. The lowest BCUT2D eigenvalue weighted by molar-refractivity contribution is 0.0895. The minimum Gasteiger partial charge on any atom is -0.468 e. The van der Waals surface area contributed by atoms with Gasteiger partial charge in [-0.1, -0.05) is 18.5 Å². The summed E-state index contributed by atoms with van der Waals surface area (Å²) in [7, 11) is 0. The van der Waals surface area contributed by atoms with Crippen LogP contribution >= 0.6 is 11.6 Å². The molecule has 1 aliphatic rings. The largest absolute Gasteiger partial charge is 0.468 e. The van der Waals surface area contributed by atoms with Crippen molar-refractivity contribution in [2.24, 2.45) is 5.92 Å². The van der Waals surface area contributed by atoms with Gasteiger partial charge in [-0.25, -0.2) is 4.98 Å². The van der Waals surface area contributed by atoms with Gasteiger partial charge >= 0.3 is 0 Å². The predicted molar refractivity (Wildman–Crippen MR) is 108 cm³/mol. The molecule has 1 saturated heterocycles. The van der Waals surface area contributed by atoms with Gasteiger partial charge in [-0.3, -0.25) is 14.3 Å². The number of rotatable bonds is 6. The summed E-state index contributed by atoms with van der Waals surface area (Å²) in [5, 5.41) is 10.8. The summed E-state index contributed by atoms with van der Waals surface area (Å²) in [6, 6.07) is 5.44. The molecule has 1 amide bonds. The summed E-state index contributed by atoms with van der Waals surface area (Å²) in [5.74, 6) is 1.84. The van der Waals surface area contributed by atoms with Crippen LogP contribution in [0, 0.1) is 5.92 Å². The van der Waals surface area contributed by atoms with E-state index in [1.165, 1.54) is 18.9 Å². The van der Waals surface area contributed by atoms with Crippen LogP contribution in [-0.2, 0) is 0 Å². The molecule has 1 aliphatic heterocycles. The number of amides is 1. The molecule has 0 saturated carbocycles. The molecule has 0 bridgehead atoms. The molecule has 4 heterocycles. The van der Waals surface area contributed by atoms with Crippen molar-refractivity contribution in [1.29, 1.82) is 0 Å². The molecule has 8 nitrogen and oxygen atoms in total. The molecule has 3 aromatic heterocycles. The van der Waals surface area contributed by atoms with Gasteiger partial charge in [-0.15, -0.1) is 10.2 Å². The smallest absolute Gasteiger partial charge is 0.252 e. The Morgan fingerprint density at radius 3 is 2.76 bits per heavy atom. The summed E-state index contributed by atoms with van der Waals surface area (Å²) >= 11 is 6.30. The fourth-order valence-electron chi connectivity index (χ4n) is 3.58. The quantitative estimate of drug-likeness (QED) is 0.666. The van der Waals surface area contributed by atoms with E-state index in [9.17, 15) is 4.79 Å². The summed E-state index contributed by atoms with van der Waals surface area (Å²) in [6.07, 6.45) is 8.47. The molecule has 9 heteroatoms. The van der Waals surface area contributed by atoms with Gasteiger partial charge in [0, 0.05) is 12.7 Å². The lowest BCUT2D eigenvalue weighted by Gasteiger charge is -2.35. The molecular weight excluding hydrogens is 392 g/mol. The summed E-state index contributed by atoms with van der Waals surface area (Å²) in [6.45, 7) is 4.71. The highest BCUT2D eigenvalue weighted by Crippen LogP contribution is 2.27. The molecular formula is C20H23ClN6O2. The first kappa shape index (κ1) is 19.6. The second-order valence-electron chi connectivity index (χ2n) is 7.36. The standard InChI is InChI=1S/C20H23ClN6O2/c1-14-4-6-26(7-5-14)17(18-3-2-8-29-18)11-23-20(28)15-9-16(21)19(22-10-15)27-12-24-25-13-27/h2-3,8-10,12-14,17H,4-7,11H2,1H3,(H,23,28). The van der Waals surface area contributed by atoms with Crippen molar-refractivity contribution in [3.8, 4) is 5.82 Å². The molecule has 0 spiro atoms. The molecule has 152 valence electrons. The molecule has 1 unspecified atom stereocenters. The van der Waals surface area contributed by atoms with E-state index in [1.54, 1.807) is 16.9 Å². The van der Waals surface area contributed by atoms with E-state index in [4.69, 9.17) is 16.0 Å². The minimum atomic E-state index is -0.225. The van der Waals surface area contributed by atoms with Crippen molar-refractivity contribution in [2.45, 2.75) is 25.8 Å². The Morgan fingerprint density at radius 1 is 1.34 bits per heavy atom. The fraction of sp³-hybridized carbons (Fsp3) is 0.400. The van der Waals surface area contributed by atoms with Crippen LogP contribution in [0.4, 0.5) is 0 Å². The van der Waals surface area contributed by atoms with Gasteiger partial charge in [0.1, 0.15) is 18.4 Å². The number of furan rings is 1. The Hall–Kier alpha value is -2.71. The number of likely N-dealkylation sites (tertiary alicyclic amines) is 1. The van der Waals surface area contributed by atoms with E-state index in [0.717, 1.165) is 37.6 Å². The fourth-order valence-corrected chi connectivity index (χ4v) is 3.84. The molecule has 1 fully saturated rings. The van der Waals surface area contributed by atoms with Gasteiger partial charge in [0.2, 0.25) is 0 Å². The van der Waals surface area contributed by atoms with Crippen molar-refractivity contribution in [1.82, 2.24) is 30.0 Å². The Morgan fingerprint density at radius 2 is 2.10 bits per heavy atom. The maximum Gasteiger partial charge on any atom is 0.252 e. The van der Waals surface area contributed by atoms with E-state index < -0.39 is 0 Å². The van der Waals surface area contributed by atoms with E-state index in [1.807, 2.05) is 12.1 Å². The third kappa shape index (κ3) is 4.49. The van der Waals surface area contributed by atoms with Crippen LogP contribution in [0.1, 0.15) is 41.9 Å². The second-order valence-corrected chi connectivity index (χ2v) is 7.77. The third-order valence-corrected chi connectivity index (χ3v) is 5.61. The number of nitrogens with one attached hydrogen (secondary N) is 1. The summed E-state index contributed by atoms with van der Waals surface area (Å²) < 4.78 is 7.24. The van der Waals surface area contributed by atoms with Crippen molar-refractivity contribution in [3.05, 3.63) is 59.7 Å². The highest BCUT2D eigenvalue weighted by Gasteiger charge is 2.27. The molecule has 3 aromatic rings. The topological polar surface area (TPSA) is 89.1 Å². The molecule has 0 aliphatic carbocycles. The van der Waals surface area contributed by atoms with Crippen molar-refractivity contribution in [2.75, 3.05) is 19.6 Å². The molecule has 29 heavy (non-hydrogen) atoms. The number of pyridine rings is 1. The number of hydrogen-bond donors (Lipinski definition) is 1. The zero-order valence-electron chi connectivity index (χ0n) is 16.2. The molecule has 1 atom stereocenters. The number of carbonyl (C=O) groups is 1. The Labute approximate surface area is 173 Å². The van der Waals surface area contributed by atoms with Crippen LogP contribution < -0.4 is 5.32 Å². The number of piperidine rings is 1. The van der Waals surface area contributed by atoms with E-state index in [0.29, 0.717) is 22.9 Å². The number of hydrogen-bond acceptors (Lipinski definition) is 6. The first-order chi connectivity index (χ1) is 14.1. The van der Waals surface area contributed by atoms with Gasteiger partial charge < -0.3 is 9.73 Å². The maximum atomic E-state index is 12.7. The van der Waals surface area contributed by atoms with E-state index in [-0.39, 0.29) is 11.9 Å². The minimum absolute atomic E-state index is 0.00109. The highest BCUT2D eigenvalue weighted by molar-refractivity contribution is 6.32. The van der Waals surface area contributed by atoms with Crippen LogP contribution in [0.5, 0.6) is 0 Å². The Bertz CT molecular complexity index is 936. The van der Waals surface area contributed by atoms with Crippen LogP contribution in [0.15, 0.2) is 47.7 Å². The summed E-state index contributed by atoms with van der Waals surface area (Å²) in [4.78, 5) is 19.4. The van der Waals surface area contributed by atoms with Gasteiger partial charge in [0.05, 0.1) is 22.9 Å². The monoisotopic (exact) mass is 414 g/mol. The van der Waals surface area contributed by atoms with Gasteiger partial charge in [-0.2, -0.15) is 0 Å². The van der Waals surface area contributed by atoms with Gasteiger partial charge in [0.15, 0.2) is 5.82 Å². The Balaban J connectivity index is 1.45. The lowest BCUT2D eigenvalue weighted by atomic mass is 9.97. The van der Waals surface area contributed by atoms with Crippen molar-refractivity contribution < 1.29 is 9.21 Å². The molecule has 1 N–H and O–H groups in total. The lowest BCUT2D eigenvalue weighted by Crippen LogP contribution is -2.41. The zero-order chi connectivity index (χ0) is 20.2. The first-order valence-electron chi connectivity index (χ1n) is 9.68. The van der Waals surface area contributed by atoms with Gasteiger partial charge in [-0.05, 0) is 50.0 Å². The molecule has 0 aromatic carbocycles. The number of aromatic nitrogens is 4. The van der Waals surface area contributed by atoms with Crippen LogP contribution in [0.25, 0.3) is 5.82 Å². The molecule has 4 rings (SSSR count). The zero-order valence-corrected chi connectivity index (χ0v) is 16.9. The first-order valence-corrected chi connectivity index (χ1v) is 10.1. The van der Waals surface area contributed by atoms with Crippen molar-refractivity contribution >= 4 is 17.5 Å². The normalized spacial score (nSPS) is 16.6. The predicted octanol–water partition coefficient (Wildman–Crippen LogP) is 3.11. The van der Waals surface area contributed by atoms with Crippen LogP contribution in [0.2, 0.25) is 5.02 Å². The summed E-state index contributed by atoms with van der Waals surface area (Å²) in [5.41, 5.74) is 0.400.